The number of hydrogen-bond donors (Lipinski definition) is 2. The van der Waals surface area contributed by atoms with Crippen molar-refractivity contribution in [2.45, 2.75) is 12.8 Å². The highest BCUT2D eigenvalue weighted by Crippen LogP contribution is 2.39. The second-order valence-electron chi connectivity index (χ2n) is 5.06. The molecule has 2 aromatic rings. The highest BCUT2D eigenvalue weighted by molar-refractivity contribution is 5.87. The molecular weight excluding hydrogens is 272 g/mol. The van der Waals surface area contributed by atoms with Crippen molar-refractivity contribution in [2.75, 3.05) is 13.7 Å². The second kappa shape index (κ2) is 5.47. The van der Waals surface area contributed by atoms with E-state index >= 15 is 0 Å². The van der Waals surface area contributed by atoms with Crippen molar-refractivity contribution < 1.29 is 19.4 Å². The van der Waals surface area contributed by atoms with Gasteiger partial charge in [-0.25, -0.2) is 4.79 Å². The number of methoxy groups -OCH3 is 1. The molecule has 6 nitrogen and oxygen atoms in total. The number of carbonyl (C=O) groups is 1. The zero-order valence-electron chi connectivity index (χ0n) is 11.6. The van der Waals surface area contributed by atoms with Crippen molar-refractivity contribution in [3.8, 4) is 22.8 Å². The van der Waals surface area contributed by atoms with Crippen molar-refractivity contribution in [3.05, 3.63) is 30.0 Å². The molecule has 1 aromatic heterocycles. The summed E-state index contributed by atoms with van der Waals surface area (Å²) >= 11 is 0. The molecule has 1 aromatic carbocycles. The molecule has 21 heavy (non-hydrogen) atoms. The van der Waals surface area contributed by atoms with Gasteiger partial charge >= 0.3 is 5.97 Å². The molecule has 1 fully saturated rings. The highest BCUT2D eigenvalue weighted by atomic mass is 16.5. The standard InChI is InChI=1S/C15H16N2O4/c1-20-13-4-2-3-10(14(13)21-8-9-5-6-9)11-7-12(15(18)19)17-16-11/h2-4,7,9H,5-6,8H2,1H3,(H,16,17)(H,18,19). The molecule has 0 bridgehead atoms. The summed E-state index contributed by atoms with van der Waals surface area (Å²) in [4.78, 5) is 10.9. The Balaban J connectivity index is 1.96. The first kappa shape index (κ1) is 13.5. The number of H-pyrrole nitrogens is 1. The number of nitrogens with zero attached hydrogens (tertiary/aromatic N) is 1. The molecule has 2 N–H and O–H groups in total. The minimum absolute atomic E-state index is 0.0426. The second-order valence-corrected chi connectivity index (χ2v) is 5.06. The Morgan fingerprint density at radius 2 is 2.29 bits per heavy atom. The van der Waals surface area contributed by atoms with Crippen molar-refractivity contribution in [1.29, 1.82) is 0 Å². The molecule has 0 unspecified atom stereocenters. The normalized spacial score (nSPS) is 14.0. The molecule has 0 amide bonds. The quantitative estimate of drug-likeness (QED) is 0.853. The van der Waals surface area contributed by atoms with Crippen molar-refractivity contribution in [1.82, 2.24) is 10.2 Å². The van der Waals surface area contributed by atoms with Gasteiger partial charge in [-0.2, -0.15) is 5.10 Å². The largest absolute Gasteiger partial charge is 0.493 e. The molecule has 0 radical (unpaired) electrons. The fourth-order valence-corrected chi connectivity index (χ4v) is 2.08. The maximum atomic E-state index is 10.9. The number of para-hydroxylation sites is 1. The van der Waals surface area contributed by atoms with Gasteiger partial charge in [0.05, 0.1) is 19.4 Å². The van der Waals surface area contributed by atoms with Crippen molar-refractivity contribution in [3.63, 3.8) is 0 Å². The average Bonchev–Trinajstić information content (AvgIpc) is 3.18. The van der Waals surface area contributed by atoms with E-state index in [9.17, 15) is 4.79 Å². The predicted molar refractivity (Wildman–Crippen MR) is 75.8 cm³/mol. The van der Waals surface area contributed by atoms with Gasteiger partial charge in [0.15, 0.2) is 11.5 Å². The van der Waals surface area contributed by atoms with Crippen LogP contribution in [0.4, 0.5) is 0 Å². The molecule has 0 atom stereocenters. The van der Waals surface area contributed by atoms with Crippen LogP contribution in [0, 0.1) is 5.92 Å². The van der Waals surface area contributed by atoms with Gasteiger partial charge in [0.2, 0.25) is 0 Å². The van der Waals surface area contributed by atoms with Crippen LogP contribution < -0.4 is 9.47 Å². The van der Waals surface area contributed by atoms with Gasteiger partial charge < -0.3 is 14.6 Å². The minimum Gasteiger partial charge on any atom is -0.493 e. The number of aromatic amines is 1. The van der Waals surface area contributed by atoms with Crippen LogP contribution in [-0.2, 0) is 0 Å². The third kappa shape index (κ3) is 2.84. The van der Waals surface area contributed by atoms with E-state index in [0.29, 0.717) is 29.7 Å². The van der Waals surface area contributed by atoms with Crippen LogP contribution in [0.3, 0.4) is 0 Å². The van der Waals surface area contributed by atoms with Gasteiger partial charge in [0.25, 0.3) is 0 Å². The third-order valence-electron chi connectivity index (χ3n) is 3.44. The van der Waals surface area contributed by atoms with Crippen LogP contribution in [0.25, 0.3) is 11.3 Å². The fraction of sp³-hybridized carbons (Fsp3) is 0.333. The number of rotatable bonds is 6. The zero-order valence-corrected chi connectivity index (χ0v) is 11.6. The van der Waals surface area contributed by atoms with E-state index in [-0.39, 0.29) is 5.69 Å². The molecule has 6 heteroatoms. The van der Waals surface area contributed by atoms with Crippen molar-refractivity contribution >= 4 is 5.97 Å². The van der Waals surface area contributed by atoms with Gasteiger partial charge in [-0.15, -0.1) is 0 Å². The molecule has 110 valence electrons. The molecule has 0 aliphatic heterocycles. The minimum atomic E-state index is -1.04. The fourth-order valence-electron chi connectivity index (χ4n) is 2.08. The van der Waals surface area contributed by atoms with Gasteiger partial charge in [-0.3, -0.25) is 5.10 Å². The molecule has 1 saturated carbocycles. The number of aromatic carboxylic acids is 1. The summed E-state index contributed by atoms with van der Waals surface area (Å²) in [5, 5.41) is 15.5. The summed E-state index contributed by atoms with van der Waals surface area (Å²) in [7, 11) is 1.58. The van der Waals surface area contributed by atoms with Gasteiger partial charge in [-0.1, -0.05) is 6.07 Å². The van der Waals surface area contributed by atoms with E-state index in [1.165, 1.54) is 18.9 Å². The van der Waals surface area contributed by atoms with Gasteiger partial charge in [-0.05, 0) is 37.0 Å². The number of benzene rings is 1. The van der Waals surface area contributed by atoms with E-state index in [1.54, 1.807) is 7.11 Å². The summed E-state index contributed by atoms with van der Waals surface area (Å²) in [6.45, 7) is 0.642. The van der Waals surface area contributed by atoms with E-state index in [0.717, 1.165) is 5.56 Å². The zero-order chi connectivity index (χ0) is 14.8. The Labute approximate surface area is 121 Å². The smallest absolute Gasteiger partial charge is 0.353 e. The lowest BCUT2D eigenvalue weighted by Gasteiger charge is -2.13. The Morgan fingerprint density at radius 1 is 1.48 bits per heavy atom. The molecule has 0 saturated heterocycles. The van der Waals surface area contributed by atoms with Crippen LogP contribution in [-0.4, -0.2) is 35.0 Å². The Hall–Kier alpha value is -2.50. The van der Waals surface area contributed by atoms with E-state index < -0.39 is 5.97 Å². The number of carboxylic acid groups (broad SMARTS) is 1. The van der Waals surface area contributed by atoms with Crippen molar-refractivity contribution in [2.24, 2.45) is 5.92 Å². The van der Waals surface area contributed by atoms with Gasteiger partial charge in [0.1, 0.15) is 5.69 Å². The summed E-state index contributed by atoms with van der Waals surface area (Å²) in [6.07, 6.45) is 2.38. The molecule has 1 heterocycles. The van der Waals surface area contributed by atoms with E-state index in [4.69, 9.17) is 14.6 Å². The summed E-state index contributed by atoms with van der Waals surface area (Å²) in [5.74, 6) is 0.789. The maximum absolute atomic E-state index is 10.9. The van der Waals surface area contributed by atoms with Crippen LogP contribution in [0.15, 0.2) is 24.3 Å². The first-order valence-corrected chi connectivity index (χ1v) is 6.78. The first-order valence-electron chi connectivity index (χ1n) is 6.78. The number of ether oxygens (including phenoxy) is 2. The molecule has 0 spiro atoms. The van der Waals surface area contributed by atoms with Crippen LogP contribution in [0.5, 0.6) is 11.5 Å². The number of carboxylic acids is 1. The number of aromatic nitrogens is 2. The molecule has 1 aliphatic rings. The SMILES string of the molecule is COc1cccc(-c2cc(C(=O)O)[nH]n2)c1OCC1CC1. The highest BCUT2D eigenvalue weighted by Gasteiger charge is 2.24. The Morgan fingerprint density at radius 3 is 2.90 bits per heavy atom. The lowest BCUT2D eigenvalue weighted by molar-refractivity contribution is 0.0690. The molecule has 3 rings (SSSR count). The maximum Gasteiger partial charge on any atom is 0.353 e. The number of hydrogen-bond acceptors (Lipinski definition) is 4. The summed E-state index contributed by atoms with van der Waals surface area (Å²) in [5.41, 5.74) is 1.29. The summed E-state index contributed by atoms with van der Waals surface area (Å²) < 4.78 is 11.2. The van der Waals surface area contributed by atoms with Crippen LogP contribution in [0.2, 0.25) is 0 Å². The van der Waals surface area contributed by atoms with Crippen LogP contribution >= 0.6 is 0 Å². The Kier molecular flexibility index (Phi) is 3.51. The third-order valence-corrected chi connectivity index (χ3v) is 3.44. The lowest BCUT2D eigenvalue weighted by atomic mass is 10.1. The summed E-state index contributed by atoms with van der Waals surface area (Å²) in [6, 6.07) is 6.97. The number of nitrogens with one attached hydrogen (secondary N) is 1. The van der Waals surface area contributed by atoms with Crippen LogP contribution in [0.1, 0.15) is 23.3 Å². The molecular formula is C15H16N2O4. The van der Waals surface area contributed by atoms with Gasteiger partial charge in [0, 0.05) is 5.56 Å². The average molecular weight is 288 g/mol. The molecule has 1 aliphatic carbocycles. The van der Waals surface area contributed by atoms with E-state index in [1.807, 2.05) is 18.2 Å². The lowest BCUT2D eigenvalue weighted by Crippen LogP contribution is -2.02. The predicted octanol–water partition coefficient (Wildman–Crippen LogP) is 2.57. The van der Waals surface area contributed by atoms with E-state index in [2.05, 4.69) is 10.2 Å². The monoisotopic (exact) mass is 288 g/mol. The first-order chi connectivity index (χ1) is 10.2. The Bertz CT molecular complexity index is 661. The topological polar surface area (TPSA) is 84.4 Å².